The number of nitrogens with one attached hydrogen (secondary N) is 2. The first kappa shape index (κ1) is 29.1. The molecule has 0 aliphatic carbocycles. The summed E-state index contributed by atoms with van der Waals surface area (Å²) in [5, 5.41) is 17.2. The van der Waals surface area contributed by atoms with E-state index in [2.05, 4.69) is 15.8 Å². The van der Waals surface area contributed by atoms with Crippen LogP contribution in [-0.4, -0.2) is 56.3 Å². The number of carbonyl (C=O) groups is 3. The maximum Gasteiger partial charge on any atom is 0.343 e. The van der Waals surface area contributed by atoms with Gasteiger partial charge in [0.25, 0.3) is 17.5 Å². The van der Waals surface area contributed by atoms with E-state index in [1.807, 2.05) is 0 Å². The van der Waals surface area contributed by atoms with Gasteiger partial charge in [-0.15, -0.1) is 0 Å². The molecule has 13 nitrogen and oxygen atoms in total. The van der Waals surface area contributed by atoms with Gasteiger partial charge < -0.3 is 24.3 Å². The molecule has 0 bridgehead atoms. The number of rotatable bonds is 12. The van der Waals surface area contributed by atoms with E-state index in [1.165, 1.54) is 62.9 Å². The van der Waals surface area contributed by atoms with E-state index in [0.717, 1.165) is 0 Å². The summed E-state index contributed by atoms with van der Waals surface area (Å²) in [6.45, 7) is 1.70. The van der Waals surface area contributed by atoms with E-state index >= 15 is 0 Å². The minimum Gasteiger partial charge on any atom is -0.493 e. The molecule has 40 heavy (non-hydrogen) atoms. The van der Waals surface area contributed by atoms with Crippen molar-refractivity contribution in [1.82, 2.24) is 10.7 Å². The fourth-order valence-electron chi connectivity index (χ4n) is 3.29. The summed E-state index contributed by atoms with van der Waals surface area (Å²) in [6, 6.07) is 14.2. The number of hydrogen-bond acceptors (Lipinski definition) is 10. The third-order valence-electron chi connectivity index (χ3n) is 5.24. The number of ether oxygens (including phenoxy) is 4. The van der Waals surface area contributed by atoms with Crippen molar-refractivity contribution in [3.63, 3.8) is 0 Å². The standard InChI is InChI=1S/C27H26N4O9/c1-4-39-24-13-17(5-11-22(24)40-27(34)18-6-9-20(10-7-18)31(35)36)15-29-30-25(32)16-28-26(33)19-8-12-21(37-2)23(14-19)38-3/h5-15H,4,16H2,1-3H3,(H,28,33)(H,30,32). The molecule has 208 valence electrons. The van der Waals surface area contributed by atoms with Crippen LogP contribution < -0.4 is 29.7 Å². The molecule has 0 saturated carbocycles. The van der Waals surface area contributed by atoms with E-state index in [9.17, 15) is 24.5 Å². The lowest BCUT2D eigenvalue weighted by molar-refractivity contribution is -0.384. The van der Waals surface area contributed by atoms with Gasteiger partial charge in [-0.2, -0.15) is 5.10 Å². The molecule has 0 radical (unpaired) electrons. The molecule has 3 aromatic carbocycles. The van der Waals surface area contributed by atoms with Crippen molar-refractivity contribution in [3.05, 3.63) is 87.5 Å². The molecule has 0 atom stereocenters. The van der Waals surface area contributed by atoms with Gasteiger partial charge in [0, 0.05) is 17.7 Å². The molecule has 0 aliphatic rings. The van der Waals surface area contributed by atoms with Gasteiger partial charge in [-0.1, -0.05) is 0 Å². The second-order valence-corrected chi connectivity index (χ2v) is 7.88. The largest absolute Gasteiger partial charge is 0.493 e. The van der Waals surface area contributed by atoms with Crippen molar-refractivity contribution >= 4 is 29.7 Å². The van der Waals surface area contributed by atoms with Gasteiger partial charge in [0.15, 0.2) is 23.0 Å². The number of nitrogens with zero attached hydrogens (tertiary/aromatic N) is 2. The first-order valence-corrected chi connectivity index (χ1v) is 11.8. The summed E-state index contributed by atoms with van der Waals surface area (Å²) < 4.78 is 21.3. The monoisotopic (exact) mass is 550 g/mol. The Hall–Kier alpha value is -5.46. The summed E-state index contributed by atoms with van der Waals surface area (Å²) in [7, 11) is 2.93. The first-order chi connectivity index (χ1) is 19.2. The van der Waals surface area contributed by atoms with Gasteiger partial charge in [-0.05, 0) is 61.0 Å². The van der Waals surface area contributed by atoms with Crippen molar-refractivity contribution < 1.29 is 38.3 Å². The lowest BCUT2D eigenvalue weighted by Gasteiger charge is -2.11. The van der Waals surface area contributed by atoms with Crippen LogP contribution in [0.1, 0.15) is 33.2 Å². The Morgan fingerprint density at radius 2 is 1.57 bits per heavy atom. The highest BCUT2D eigenvalue weighted by atomic mass is 16.6. The van der Waals surface area contributed by atoms with Crippen molar-refractivity contribution in [2.45, 2.75) is 6.92 Å². The van der Waals surface area contributed by atoms with Gasteiger partial charge in [-0.25, -0.2) is 10.2 Å². The predicted molar refractivity (Wildman–Crippen MR) is 143 cm³/mol. The fourth-order valence-corrected chi connectivity index (χ4v) is 3.29. The predicted octanol–water partition coefficient (Wildman–Crippen LogP) is 3.11. The quantitative estimate of drug-likeness (QED) is 0.113. The molecular formula is C27H26N4O9. The van der Waals surface area contributed by atoms with Crippen molar-refractivity contribution in [2.24, 2.45) is 5.10 Å². The maximum absolute atomic E-state index is 12.5. The Labute approximate surface area is 228 Å². The topological polar surface area (TPSA) is 168 Å². The zero-order valence-electron chi connectivity index (χ0n) is 21.8. The smallest absolute Gasteiger partial charge is 0.343 e. The number of nitro groups is 1. The van der Waals surface area contributed by atoms with E-state index in [4.69, 9.17) is 18.9 Å². The number of amides is 2. The second-order valence-electron chi connectivity index (χ2n) is 7.88. The van der Waals surface area contributed by atoms with E-state index in [1.54, 1.807) is 25.1 Å². The molecule has 2 N–H and O–H groups in total. The Morgan fingerprint density at radius 3 is 2.23 bits per heavy atom. The molecule has 13 heteroatoms. The van der Waals surface area contributed by atoms with Crippen LogP contribution >= 0.6 is 0 Å². The van der Waals surface area contributed by atoms with Gasteiger partial charge in [0.05, 0.1) is 44.1 Å². The number of hydrogen-bond donors (Lipinski definition) is 2. The van der Waals surface area contributed by atoms with Gasteiger partial charge >= 0.3 is 5.97 Å². The van der Waals surface area contributed by atoms with Crippen LogP contribution in [0.5, 0.6) is 23.0 Å². The van der Waals surface area contributed by atoms with E-state index in [0.29, 0.717) is 17.1 Å². The van der Waals surface area contributed by atoms with Gasteiger partial charge in [0.2, 0.25) is 0 Å². The highest BCUT2D eigenvalue weighted by Crippen LogP contribution is 2.29. The third-order valence-corrected chi connectivity index (χ3v) is 5.24. The highest BCUT2D eigenvalue weighted by Gasteiger charge is 2.15. The van der Waals surface area contributed by atoms with Crippen LogP contribution in [-0.2, 0) is 4.79 Å². The zero-order chi connectivity index (χ0) is 29.1. The molecule has 3 aromatic rings. The van der Waals surface area contributed by atoms with Crippen LogP contribution in [0, 0.1) is 10.1 Å². The SMILES string of the molecule is CCOc1cc(C=NNC(=O)CNC(=O)c2ccc(OC)c(OC)c2)ccc1OC(=O)c1ccc([N+](=O)[O-])cc1. The minimum atomic E-state index is -0.723. The van der Waals surface area contributed by atoms with Gasteiger partial charge in [-0.3, -0.25) is 19.7 Å². The zero-order valence-corrected chi connectivity index (χ0v) is 21.8. The maximum atomic E-state index is 12.5. The van der Waals surface area contributed by atoms with Crippen LogP contribution in [0.3, 0.4) is 0 Å². The van der Waals surface area contributed by atoms with Gasteiger partial charge in [0.1, 0.15) is 0 Å². The third kappa shape index (κ3) is 7.77. The number of esters is 1. The second kappa shape index (κ2) is 13.9. The molecule has 0 fully saturated rings. The number of methoxy groups -OCH3 is 2. The molecule has 0 saturated heterocycles. The van der Waals surface area contributed by atoms with Crippen LogP contribution in [0.25, 0.3) is 0 Å². The Balaban J connectivity index is 1.57. The first-order valence-electron chi connectivity index (χ1n) is 11.8. The Kier molecular flexibility index (Phi) is 10.1. The number of benzene rings is 3. The van der Waals surface area contributed by atoms with Crippen molar-refractivity contribution in [3.8, 4) is 23.0 Å². The molecule has 2 amide bonds. The number of hydrazone groups is 1. The van der Waals surface area contributed by atoms with E-state index < -0.39 is 22.7 Å². The Morgan fingerprint density at radius 1 is 0.900 bits per heavy atom. The lowest BCUT2D eigenvalue weighted by atomic mass is 10.2. The normalized spacial score (nSPS) is 10.5. The molecule has 0 aromatic heterocycles. The van der Waals surface area contributed by atoms with Crippen molar-refractivity contribution in [1.29, 1.82) is 0 Å². The molecular weight excluding hydrogens is 524 g/mol. The number of carbonyl (C=O) groups excluding carboxylic acids is 3. The molecule has 0 aliphatic heterocycles. The minimum absolute atomic E-state index is 0.125. The molecule has 0 heterocycles. The average molecular weight is 551 g/mol. The number of nitro benzene ring substituents is 1. The Bertz CT molecular complexity index is 1420. The summed E-state index contributed by atoms with van der Waals surface area (Å²) in [5.74, 6) is -0.555. The molecule has 3 rings (SSSR count). The van der Waals surface area contributed by atoms with E-state index in [-0.39, 0.29) is 41.5 Å². The highest BCUT2D eigenvalue weighted by molar-refractivity contribution is 5.97. The fraction of sp³-hybridized carbons (Fsp3) is 0.185. The van der Waals surface area contributed by atoms with Crippen LogP contribution in [0.15, 0.2) is 65.8 Å². The average Bonchev–Trinajstić information content (AvgIpc) is 2.96. The summed E-state index contributed by atoms with van der Waals surface area (Å²) in [6.07, 6.45) is 1.35. The van der Waals surface area contributed by atoms with Crippen molar-refractivity contribution in [2.75, 3.05) is 27.4 Å². The number of non-ortho nitro benzene ring substituents is 1. The lowest BCUT2D eigenvalue weighted by Crippen LogP contribution is -2.34. The van der Waals surface area contributed by atoms with Crippen LogP contribution in [0.4, 0.5) is 5.69 Å². The summed E-state index contributed by atoms with van der Waals surface area (Å²) in [4.78, 5) is 47.2. The summed E-state index contributed by atoms with van der Waals surface area (Å²) in [5.41, 5.74) is 3.09. The summed E-state index contributed by atoms with van der Waals surface area (Å²) >= 11 is 0. The van der Waals surface area contributed by atoms with Crippen LogP contribution in [0.2, 0.25) is 0 Å². The molecule has 0 unspecified atom stereocenters. The molecule has 0 spiro atoms.